The molecule has 0 radical (unpaired) electrons. The maximum absolute atomic E-state index is 12.5. The molecule has 3 N–H and O–H groups in total. The van der Waals surface area contributed by atoms with Crippen LogP contribution in [0.3, 0.4) is 0 Å². The number of hydrogen-bond acceptors (Lipinski definition) is 6. The van der Waals surface area contributed by atoms with Gasteiger partial charge in [0, 0.05) is 29.7 Å². The summed E-state index contributed by atoms with van der Waals surface area (Å²) in [5, 5.41) is 2.74. The number of anilines is 2. The summed E-state index contributed by atoms with van der Waals surface area (Å²) in [6.45, 7) is 0. The Kier molecular flexibility index (Phi) is 4.33. The van der Waals surface area contributed by atoms with Crippen LogP contribution < -0.4 is 15.8 Å². The highest BCUT2D eigenvalue weighted by Gasteiger charge is 2.15. The second-order valence-corrected chi connectivity index (χ2v) is 4.92. The largest absolute Gasteiger partial charge is 0.497 e. The van der Waals surface area contributed by atoms with E-state index in [2.05, 4.69) is 20.3 Å². The van der Waals surface area contributed by atoms with Gasteiger partial charge in [-0.2, -0.15) is 0 Å². The number of rotatable bonds is 4. The number of pyridine rings is 1. The van der Waals surface area contributed by atoms with E-state index in [-0.39, 0.29) is 11.5 Å². The van der Waals surface area contributed by atoms with Gasteiger partial charge in [0.25, 0.3) is 5.91 Å². The van der Waals surface area contributed by atoms with E-state index < -0.39 is 5.91 Å². The number of benzene rings is 1. The van der Waals surface area contributed by atoms with Crippen molar-refractivity contribution in [1.82, 2.24) is 15.0 Å². The molecule has 0 saturated carbocycles. The van der Waals surface area contributed by atoms with Gasteiger partial charge in [0.2, 0.25) is 0 Å². The van der Waals surface area contributed by atoms with Gasteiger partial charge in [0.15, 0.2) is 11.5 Å². The maximum Gasteiger partial charge on any atom is 0.278 e. The standard InChI is InChI=1S/C17H15N5O2/c1-24-13-6-2-5-12(8-13)21-17(23)15-16(18)20-10-14(22-15)11-4-3-7-19-9-11/h2-10H,1H3,(H2,18,20)(H,21,23). The van der Waals surface area contributed by atoms with Gasteiger partial charge in [-0.3, -0.25) is 9.78 Å². The Morgan fingerprint density at radius 3 is 2.83 bits per heavy atom. The Hall–Kier alpha value is -3.48. The van der Waals surface area contributed by atoms with Crippen molar-refractivity contribution < 1.29 is 9.53 Å². The fraction of sp³-hybridized carbons (Fsp3) is 0.0588. The molecule has 24 heavy (non-hydrogen) atoms. The molecule has 0 saturated heterocycles. The number of methoxy groups -OCH3 is 1. The number of ether oxygens (including phenoxy) is 1. The van der Waals surface area contributed by atoms with Crippen molar-refractivity contribution in [3.8, 4) is 17.0 Å². The molecule has 3 rings (SSSR count). The predicted octanol–water partition coefficient (Wildman–Crippen LogP) is 2.38. The zero-order valence-electron chi connectivity index (χ0n) is 12.9. The maximum atomic E-state index is 12.5. The Morgan fingerprint density at radius 1 is 1.21 bits per heavy atom. The molecule has 0 fully saturated rings. The first-order chi connectivity index (χ1) is 11.7. The molecular formula is C17H15N5O2. The van der Waals surface area contributed by atoms with Crippen LogP contribution >= 0.6 is 0 Å². The number of aromatic nitrogens is 3. The monoisotopic (exact) mass is 321 g/mol. The first-order valence-corrected chi connectivity index (χ1v) is 7.15. The molecule has 0 bridgehead atoms. The number of carbonyl (C=O) groups is 1. The zero-order valence-corrected chi connectivity index (χ0v) is 12.9. The average Bonchev–Trinajstić information content (AvgIpc) is 2.63. The minimum atomic E-state index is -0.445. The fourth-order valence-electron chi connectivity index (χ4n) is 2.11. The third-order valence-electron chi connectivity index (χ3n) is 3.30. The highest BCUT2D eigenvalue weighted by atomic mass is 16.5. The van der Waals surface area contributed by atoms with E-state index in [1.165, 1.54) is 6.20 Å². The van der Waals surface area contributed by atoms with Crippen molar-refractivity contribution >= 4 is 17.4 Å². The molecule has 120 valence electrons. The average molecular weight is 321 g/mol. The fourth-order valence-corrected chi connectivity index (χ4v) is 2.11. The van der Waals surface area contributed by atoms with Gasteiger partial charge < -0.3 is 15.8 Å². The molecule has 0 spiro atoms. The van der Waals surface area contributed by atoms with Crippen LogP contribution in [0, 0.1) is 0 Å². The molecule has 7 nitrogen and oxygen atoms in total. The molecule has 1 amide bonds. The van der Waals surface area contributed by atoms with Crippen LogP contribution in [0.15, 0.2) is 55.0 Å². The molecule has 7 heteroatoms. The van der Waals surface area contributed by atoms with Crippen LogP contribution in [0.5, 0.6) is 5.75 Å². The van der Waals surface area contributed by atoms with Crippen molar-refractivity contribution in [2.75, 3.05) is 18.2 Å². The Bertz CT molecular complexity index is 868. The normalized spacial score (nSPS) is 10.2. The van der Waals surface area contributed by atoms with Gasteiger partial charge in [-0.25, -0.2) is 9.97 Å². The van der Waals surface area contributed by atoms with Gasteiger partial charge in [-0.05, 0) is 24.3 Å². The number of nitrogens with one attached hydrogen (secondary N) is 1. The number of nitrogens with two attached hydrogens (primary N) is 1. The topological polar surface area (TPSA) is 103 Å². The summed E-state index contributed by atoms with van der Waals surface area (Å²) in [5.74, 6) is 0.248. The van der Waals surface area contributed by atoms with Crippen LogP contribution in [0.25, 0.3) is 11.3 Å². The van der Waals surface area contributed by atoms with E-state index in [1.54, 1.807) is 49.8 Å². The number of amides is 1. The van der Waals surface area contributed by atoms with Gasteiger partial charge in [-0.15, -0.1) is 0 Å². The summed E-state index contributed by atoms with van der Waals surface area (Å²) >= 11 is 0. The molecule has 0 atom stereocenters. The van der Waals surface area contributed by atoms with Crippen molar-refractivity contribution in [3.63, 3.8) is 0 Å². The third kappa shape index (κ3) is 3.30. The van der Waals surface area contributed by atoms with Crippen molar-refractivity contribution in [1.29, 1.82) is 0 Å². The summed E-state index contributed by atoms with van der Waals surface area (Å²) in [6, 6.07) is 10.6. The van der Waals surface area contributed by atoms with Crippen LogP contribution in [0.1, 0.15) is 10.5 Å². The zero-order chi connectivity index (χ0) is 16.9. The van der Waals surface area contributed by atoms with E-state index in [4.69, 9.17) is 10.5 Å². The molecule has 0 aliphatic rings. The Balaban J connectivity index is 1.89. The van der Waals surface area contributed by atoms with E-state index in [9.17, 15) is 4.79 Å². The molecular weight excluding hydrogens is 306 g/mol. The lowest BCUT2D eigenvalue weighted by atomic mass is 10.2. The molecule has 2 heterocycles. The van der Waals surface area contributed by atoms with Crippen molar-refractivity contribution in [2.45, 2.75) is 0 Å². The van der Waals surface area contributed by atoms with E-state index in [1.807, 2.05) is 6.07 Å². The SMILES string of the molecule is COc1cccc(NC(=O)c2nc(-c3cccnc3)cnc2N)c1. The number of nitrogen functional groups attached to an aromatic ring is 1. The predicted molar refractivity (Wildman–Crippen MR) is 90.6 cm³/mol. The molecule has 0 unspecified atom stereocenters. The van der Waals surface area contributed by atoms with E-state index >= 15 is 0 Å². The molecule has 2 aromatic heterocycles. The highest BCUT2D eigenvalue weighted by Crippen LogP contribution is 2.20. The summed E-state index contributed by atoms with van der Waals surface area (Å²) in [7, 11) is 1.56. The molecule has 0 aliphatic heterocycles. The van der Waals surface area contributed by atoms with Gasteiger partial charge in [-0.1, -0.05) is 6.07 Å². The van der Waals surface area contributed by atoms with Gasteiger partial charge in [0.05, 0.1) is 19.0 Å². The Morgan fingerprint density at radius 2 is 2.08 bits per heavy atom. The second-order valence-electron chi connectivity index (χ2n) is 4.92. The lowest BCUT2D eigenvalue weighted by molar-refractivity contribution is 0.102. The molecule has 1 aromatic carbocycles. The number of carbonyl (C=O) groups excluding carboxylic acids is 1. The summed E-state index contributed by atoms with van der Waals surface area (Å²) in [5.41, 5.74) is 7.71. The first-order valence-electron chi connectivity index (χ1n) is 7.15. The lowest BCUT2D eigenvalue weighted by Crippen LogP contribution is -2.17. The lowest BCUT2D eigenvalue weighted by Gasteiger charge is -2.09. The summed E-state index contributed by atoms with van der Waals surface area (Å²) in [6.07, 6.45) is 4.81. The van der Waals surface area contributed by atoms with Gasteiger partial charge >= 0.3 is 0 Å². The smallest absolute Gasteiger partial charge is 0.278 e. The van der Waals surface area contributed by atoms with Crippen molar-refractivity contribution in [3.05, 3.63) is 60.7 Å². The highest BCUT2D eigenvalue weighted by molar-refractivity contribution is 6.06. The summed E-state index contributed by atoms with van der Waals surface area (Å²) in [4.78, 5) is 24.9. The van der Waals surface area contributed by atoms with Crippen LogP contribution in [-0.4, -0.2) is 28.0 Å². The molecule has 0 aliphatic carbocycles. The minimum absolute atomic E-state index is 0.0548. The second kappa shape index (κ2) is 6.74. The van der Waals surface area contributed by atoms with E-state index in [0.717, 1.165) is 5.56 Å². The molecule has 3 aromatic rings. The van der Waals surface area contributed by atoms with Gasteiger partial charge in [0.1, 0.15) is 5.75 Å². The summed E-state index contributed by atoms with van der Waals surface area (Å²) < 4.78 is 5.13. The Labute approximate surface area is 138 Å². The van der Waals surface area contributed by atoms with E-state index in [0.29, 0.717) is 17.1 Å². The van der Waals surface area contributed by atoms with Crippen LogP contribution in [0.4, 0.5) is 11.5 Å². The van der Waals surface area contributed by atoms with Crippen LogP contribution in [0.2, 0.25) is 0 Å². The number of hydrogen-bond donors (Lipinski definition) is 2. The minimum Gasteiger partial charge on any atom is -0.497 e. The van der Waals surface area contributed by atoms with Crippen molar-refractivity contribution in [2.24, 2.45) is 0 Å². The number of nitrogens with zero attached hydrogens (tertiary/aromatic N) is 3. The van der Waals surface area contributed by atoms with Crippen LogP contribution in [-0.2, 0) is 0 Å². The first kappa shape index (κ1) is 15.4. The quantitative estimate of drug-likeness (QED) is 0.764. The third-order valence-corrected chi connectivity index (χ3v) is 3.30.